The van der Waals surface area contributed by atoms with Gasteiger partial charge in [-0.05, 0) is 55.5 Å². The Balaban J connectivity index is 1.86. The Morgan fingerprint density at radius 2 is 1.52 bits per heavy atom. The number of rotatable bonds is 4. The Hall–Kier alpha value is -0.570. The number of hydrogen-bond acceptors (Lipinski definition) is 2. The summed E-state index contributed by atoms with van der Waals surface area (Å²) in [4.78, 5) is 17.1. The molecule has 0 aromatic heterocycles. The predicted octanol–water partition coefficient (Wildman–Crippen LogP) is 3.74. The van der Waals surface area contributed by atoms with Gasteiger partial charge in [-0.3, -0.25) is 4.79 Å². The molecule has 0 spiro atoms. The number of carbonyl (C=O) groups is 1. The fourth-order valence-electron chi connectivity index (χ4n) is 4.61. The van der Waals surface area contributed by atoms with E-state index in [0.717, 1.165) is 30.8 Å². The number of likely N-dealkylation sites (tertiary alicyclic amines) is 2. The van der Waals surface area contributed by atoms with Crippen LogP contribution in [0.2, 0.25) is 0 Å². The van der Waals surface area contributed by atoms with E-state index in [1.165, 1.54) is 32.5 Å². The van der Waals surface area contributed by atoms with Crippen LogP contribution in [0.25, 0.3) is 0 Å². The van der Waals surface area contributed by atoms with E-state index in [1.54, 1.807) is 0 Å². The van der Waals surface area contributed by atoms with E-state index in [0.29, 0.717) is 17.7 Å². The van der Waals surface area contributed by atoms with Crippen LogP contribution in [-0.4, -0.2) is 48.4 Å². The molecule has 2 heterocycles. The van der Waals surface area contributed by atoms with Gasteiger partial charge in [0, 0.05) is 25.6 Å². The van der Waals surface area contributed by atoms with E-state index in [1.807, 2.05) is 13.8 Å². The molecule has 0 saturated carbocycles. The first-order valence-corrected chi connectivity index (χ1v) is 9.80. The number of amides is 1. The second kappa shape index (κ2) is 8.00. The molecule has 0 bridgehead atoms. The third-order valence-corrected chi connectivity index (χ3v) is 6.33. The Morgan fingerprint density at radius 3 is 1.96 bits per heavy atom. The molecule has 134 valence electrons. The summed E-state index contributed by atoms with van der Waals surface area (Å²) in [6, 6.07) is 0. The van der Waals surface area contributed by atoms with Gasteiger partial charge in [0.2, 0.25) is 5.91 Å². The zero-order chi connectivity index (χ0) is 17.1. The standard InChI is InChI=1S/C20H38N2O/c1-14(2)18-7-9-21(10-8-18)13-19-16(5)11-22(12-17(19)6)20(23)15(3)4/h14-19H,7-13H2,1-6H3. The number of piperidine rings is 2. The van der Waals surface area contributed by atoms with Crippen molar-refractivity contribution in [3.63, 3.8) is 0 Å². The van der Waals surface area contributed by atoms with Crippen molar-refractivity contribution in [1.29, 1.82) is 0 Å². The molecule has 2 rings (SSSR count). The highest BCUT2D eigenvalue weighted by atomic mass is 16.2. The van der Waals surface area contributed by atoms with Gasteiger partial charge in [0.15, 0.2) is 0 Å². The van der Waals surface area contributed by atoms with Crippen molar-refractivity contribution in [3.05, 3.63) is 0 Å². The first-order valence-electron chi connectivity index (χ1n) is 9.80. The molecule has 1 amide bonds. The summed E-state index contributed by atoms with van der Waals surface area (Å²) < 4.78 is 0. The summed E-state index contributed by atoms with van der Waals surface area (Å²) >= 11 is 0. The van der Waals surface area contributed by atoms with Gasteiger partial charge in [-0.25, -0.2) is 0 Å². The largest absolute Gasteiger partial charge is 0.342 e. The summed E-state index contributed by atoms with van der Waals surface area (Å²) in [5.74, 6) is 4.18. The zero-order valence-corrected chi connectivity index (χ0v) is 16.2. The minimum atomic E-state index is 0.126. The minimum Gasteiger partial charge on any atom is -0.342 e. The highest BCUT2D eigenvalue weighted by Crippen LogP contribution is 2.32. The lowest BCUT2D eigenvalue weighted by molar-refractivity contribution is -0.138. The van der Waals surface area contributed by atoms with Gasteiger partial charge in [-0.2, -0.15) is 0 Å². The van der Waals surface area contributed by atoms with Gasteiger partial charge >= 0.3 is 0 Å². The van der Waals surface area contributed by atoms with Crippen molar-refractivity contribution in [2.24, 2.45) is 35.5 Å². The van der Waals surface area contributed by atoms with Crippen molar-refractivity contribution in [3.8, 4) is 0 Å². The SMILES string of the molecule is CC(C)C(=O)N1CC(C)C(CN2CCC(C(C)C)CC2)C(C)C1. The van der Waals surface area contributed by atoms with Crippen molar-refractivity contribution < 1.29 is 4.79 Å². The summed E-state index contributed by atoms with van der Waals surface area (Å²) in [6.45, 7) is 19.1. The van der Waals surface area contributed by atoms with Crippen LogP contribution in [0.4, 0.5) is 0 Å². The number of nitrogens with zero attached hydrogens (tertiary/aromatic N) is 2. The third-order valence-electron chi connectivity index (χ3n) is 6.33. The van der Waals surface area contributed by atoms with E-state index in [4.69, 9.17) is 0 Å². The smallest absolute Gasteiger partial charge is 0.225 e. The van der Waals surface area contributed by atoms with E-state index < -0.39 is 0 Å². The van der Waals surface area contributed by atoms with E-state index >= 15 is 0 Å². The molecule has 0 aliphatic carbocycles. The average molecular weight is 323 g/mol. The first-order chi connectivity index (χ1) is 10.8. The maximum absolute atomic E-state index is 12.3. The van der Waals surface area contributed by atoms with Gasteiger partial charge in [-0.1, -0.05) is 41.5 Å². The maximum Gasteiger partial charge on any atom is 0.225 e. The van der Waals surface area contributed by atoms with E-state index in [9.17, 15) is 4.79 Å². The molecule has 2 aliphatic heterocycles. The molecule has 0 aromatic carbocycles. The number of hydrogen-bond donors (Lipinski definition) is 0. The molecule has 2 saturated heterocycles. The molecular weight excluding hydrogens is 284 g/mol. The minimum absolute atomic E-state index is 0.126. The van der Waals surface area contributed by atoms with E-state index in [-0.39, 0.29) is 5.92 Å². The average Bonchev–Trinajstić information content (AvgIpc) is 2.50. The summed E-state index contributed by atoms with van der Waals surface area (Å²) in [6.07, 6.45) is 2.73. The fourth-order valence-corrected chi connectivity index (χ4v) is 4.61. The predicted molar refractivity (Wildman–Crippen MR) is 97.2 cm³/mol. The van der Waals surface area contributed by atoms with Crippen LogP contribution in [0, 0.1) is 35.5 Å². The van der Waals surface area contributed by atoms with Gasteiger partial charge in [-0.15, -0.1) is 0 Å². The lowest BCUT2D eigenvalue weighted by Gasteiger charge is -2.45. The van der Waals surface area contributed by atoms with Crippen LogP contribution in [-0.2, 0) is 4.79 Å². The Labute approximate surface area is 143 Å². The first kappa shape index (κ1) is 18.8. The quantitative estimate of drug-likeness (QED) is 0.787. The molecule has 0 N–H and O–H groups in total. The van der Waals surface area contributed by atoms with Crippen molar-refractivity contribution in [2.75, 3.05) is 32.7 Å². The fraction of sp³-hybridized carbons (Fsp3) is 0.950. The molecule has 3 nitrogen and oxygen atoms in total. The lowest BCUT2D eigenvalue weighted by atomic mass is 9.78. The summed E-state index contributed by atoms with van der Waals surface area (Å²) in [5.41, 5.74) is 0. The molecule has 2 fully saturated rings. The third kappa shape index (κ3) is 4.71. The van der Waals surface area contributed by atoms with Crippen molar-refractivity contribution in [2.45, 2.75) is 54.4 Å². The molecular formula is C20H38N2O. The van der Waals surface area contributed by atoms with Gasteiger partial charge < -0.3 is 9.80 Å². The van der Waals surface area contributed by atoms with Crippen LogP contribution in [0.3, 0.4) is 0 Å². The van der Waals surface area contributed by atoms with Gasteiger partial charge in [0.05, 0.1) is 0 Å². The van der Waals surface area contributed by atoms with Gasteiger partial charge in [0.25, 0.3) is 0 Å². The highest BCUT2D eigenvalue weighted by molar-refractivity contribution is 5.78. The van der Waals surface area contributed by atoms with Crippen LogP contribution in [0.15, 0.2) is 0 Å². The van der Waals surface area contributed by atoms with Crippen molar-refractivity contribution in [1.82, 2.24) is 9.80 Å². The highest BCUT2D eigenvalue weighted by Gasteiger charge is 2.36. The lowest BCUT2D eigenvalue weighted by Crippen LogP contribution is -2.52. The molecule has 2 atom stereocenters. The van der Waals surface area contributed by atoms with Crippen LogP contribution >= 0.6 is 0 Å². The van der Waals surface area contributed by atoms with Crippen molar-refractivity contribution >= 4 is 5.91 Å². The maximum atomic E-state index is 12.3. The molecule has 2 aliphatic rings. The Morgan fingerprint density at radius 1 is 1.00 bits per heavy atom. The molecule has 0 aromatic rings. The Kier molecular flexibility index (Phi) is 6.53. The molecule has 2 unspecified atom stereocenters. The molecule has 0 radical (unpaired) electrons. The summed E-state index contributed by atoms with van der Waals surface area (Å²) in [5, 5.41) is 0. The monoisotopic (exact) mass is 322 g/mol. The normalized spacial score (nSPS) is 31.1. The van der Waals surface area contributed by atoms with E-state index in [2.05, 4.69) is 37.5 Å². The molecule has 3 heteroatoms. The topological polar surface area (TPSA) is 23.6 Å². The Bertz CT molecular complexity index is 373. The van der Waals surface area contributed by atoms with Crippen LogP contribution in [0.5, 0.6) is 0 Å². The van der Waals surface area contributed by atoms with Crippen LogP contribution < -0.4 is 0 Å². The number of carbonyl (C=O) groups excluding carboxylic acids is 1. The zero-order valence-electron chi connectivity index (χ0n) is 16.2. The molecule has 23 heavy (non-hydrogen) atoms. The second-order valence-corrected chi connectivity index (χ2v) is 8.90. The van der Waals surface area contributed by atoms with Gasteiger partial charge in [0.1, 0.15) is 0 Å². The van der Waals surface area contributed by atoms with Crippen LogP contribution in [0.1, 0.15) is 54.4 Å². The summed E-state index contributed by atoms with van der Waals surface area (Å²) in [7, 11) is 0. The second-order valence-electron chi connectivity index (χ2n) is 8.90.